The third-order valence-corrected chi connectivity index (χ3v) is 8.35. The molecule has 0 radical (unpaired) electrons. The van der Waals surface area contributed by atoms with E-state index in [9.17, 15) is 13.2 Å². The number of benzene rings is 1. The molecule has 2 saturated carbocycles. The number of amides is 1. The monoisotopic (exact) mass is 430 g/mol. The molecule has 1 aromatic rings. The summed E-state index contributed by atoms with van der Waals surface area (Å²) in [4.78, 5) is 15.1. The highest BCUT2D eigenvalue weighted by Crippen LogP contribution is 2.37. The lowest BCUT2D eigenvalue weighted by molar-refractivity contribution is -0.137. The second-order valence-corrected chi connectivity index (χ2v) is 10.7. The summed E-state index contributed by atoms with van der Waals surface area (Å²) in [6.07, 6.45) is 5.80. The van der Waals surface area contributed by atoms with Crippen molar-refractivity contribution in [1.82, 2.24) is 9.21 Å². The van der Waals surface area contributed by atoms with Gasteiger partial charge in [0.15, 0.2) is 0 Å². The minimum absolute atomic E-state index is 0.0368. The van der Waals surface area contributed by atoms with Crippen LogP contribution in [0.1, 0.15) is 38.5 Å². The van der Waals surface area contributed by atoms with Crippen LogP contribution in [-0.2, 0) is 14.8 Å². The van der Waals surface area contributed by atoms with Gasteiger partial charge in [0, 0.05) is 36.6 Å². The maximum atomic E-state index is 13.0. The summed E-state index contributed by atoms with van der Waals surface area (Å²) in [6.45, 7) is 1.56. The van der Waals surface area contributed by atoms with Crippen LogP contribution in [0, 0.1) is 11.8 Å². The van der Waals surface area contributed by atoms with E-state index in [2.05, 4.69) is 4.90 Å². The van der Waals surface area contributed by atoms with E-state index in [1.54, 1.807) is 6.07 Å². The van der Waals surface area contributed by atoms with Crippen molar-refractivity contribution in [1.29, 1.82) is 0 Å². The van der Waals surface area contributed by atoms with Gasteiger partial charge in [-0.05, 0) is 62.6 Å². The van der Waals surface area contributed by atoms with Crippen molar-refractivity contribution >= 4 is 39.1 Å². The van der Waals surface area contributed by atoms with Crippen molar-refractivity contribution < 1.29 is 13.2 Å². The zero-order valence-corrected chi connectivity index (χ0v) is 17.4. The highest BCUT2D eigenvalue weighted by atomic mass is 35.5. The zero-order chi connectivity index (χ0) is 19.2. The SMILES string of the molecule is O=C(C1CCN(S(=O)(=O)c2cc(Cl)ccc2Cl)CC1)N(CC1CC1)C1CC1. The fourth-order valence-corrected chi connectivity index (χ4v) is 5.98. The Morgan fingerprint density at radius 3 is 2.33 bits per heavy atom. The van der Waals surface area contributed by atoms with Gasteiger partial charge < -0.3 is 4.90 Å². The van der Waals surface area contributed by atoms with Gasteiger partial charge in [0.05, 0.1) is 5.02 Å². The molecular weight excluding hydrogens is 407 g/mol. The highest BCUT2D eigenvalue weighted by molar-refractivity contribution is 7.89. The van der Waals surface area contributed by atoms with Crippen molar-refractivity contribution in [2.24, 2.45) is 11.8 Å². The number of rotatable bonds is 6. The first-order valence-corrected chi connectivity index (χ1v) is 11.8. The molecule has 0 spiro atoms. The van der Waals surface area contributed by atoms with Crippen molar-refractivity contribution in [3.63, 3.8) is 0 Å². The predicted octanol–water partition coefficient (Wildman–Crippen LogP) is 3.80. The van der Waals surface area contributed by atoms with Gasteiger partial charge in [-0.2, -0.15) is 4.31 Å². The lowest BCUT2D eigenvalue weighted by Gasteiger charge is -2.34. The van der Waals surface area contributed by atoms with Crippen LogP contribution < -0.4 is 0 Å². The number of hydrogen-bond donors (Lipinski definition) is 0. The second-order valence-electron chi connectivity index (χ2n) is 7.92. The van der Waals surface area contributed by atoms with Gasteiger partial charge in [0.1, 0.15) is 4.90 Å². The van der Waals surface area contributed by atoms with E-state index in [0.29, 0.717) is 42.9 Å². The third kappa shape index (κ3) is 4.29. The summed E-state index contributed by atoms with van der Waals surface area (Å²) in [5.74, 6) is 0.827. The minimum Gasteiger partial charge on any atom is -0.339 e. The Morgan fingerprint density at radius 1 is 1.07 bits per heavy atom. The number of hydrogen-bond acceptors (Lipinski definition) is 3. The molecule has 1 saturated heterocycles. The largest absolute Gasteiger partial charge is 0.339 e. The molecule has 0 bridgehead atoms. The van der Waals surface area contributed by atoms with Crippen LogP contribution in [-0.4, -0.2) is 49.2 Å². The molecule has 2 aliphatic carbocycles. The minimum atomic E-state index is -3.71. The number of piperidine rings is 1. The summed E-state index contributed by atoms with van der Waals surface area (Å²) >= 11 is 12.0. The zero-order valence-electron chi connectivity index (χ0n) is 15.1. The maximum absolute atomic E-state index is 13.0. The van der Waals surface area contributed by atoms with Crippen molar-refractivity contribution in [3.8, 4) is 0 Å². The van der Waals surface area contributed by atoms with Crippen molar-refractivity contribution in [2.45, 2.75) is 49.5 Å². The predicted molar refractivity (Wildman–Crippen MR) is 105 cm³/mol. The number of nitrogens with zero attached hydrogens (tertiary/aromatic N) is 2. The van der Waals surface area contributed by atoms with Gasteiger partial charge >= 0.3 is 0 Å². The number of carbonyl (C=O) groups is 1. The maximum Gasteiger partial charge on any atom is 0.244 e. The molecule has 3 fully saturated rings. The van der Waals surface area contributed by atoms with Crippen LogP contribution in [0.3, 0.4) is 0 Å². The Hall–Kier alpha value is -0.820. The molecule has 1 aliphatic heterocycles. The summed E-state index contributed by atoms with van der Waals surface area (Å²) < 4.78 is 27.3. The Bertz CT molecular complexity index is 829. The summed E-state index contributed by atoms with van der Waals surface area (Å²) in [5, 5.41) is 0.505. The van der Waals surface area contributed by atoms with Crippen LogP contribution >= 0.6 is 23.2 Å². The van der Waals surface area contributed by atoms with Crippen molar-refractivity contribution in [3.05, 3.63) is 28.2 Å². The molecule has 27 heavy (non-hydrogen) atoms. The van der Waals surface area contributed by atoms with Crippen LogP contribution in [0.2, 0.25) is 10.0 Å². The average molecular weight is 431 g/mol. The smallest absolute Gasteiger partial charge is 0.244 e. The van der Waals surface area contributed by atoms with E-state index in [-0.39, 0.29) is 21.7 Å². The summed E-state index contributed by atoms with van der Waals surface area (Å²) in [5.41, 5.74) is 0. The van der Waals surface area contributed by atoms with E-state index in [1.165, 1.54) is 29.3 Å². The molecule has 1 aromatic carbocycles. The first-order chi connectivity index (χ1) is 12.9. The molecule has 0 atom stereocenters. The van der Waals surface area contributed by atoms with Gasteiger partial charge in [0.25, 0.3) is 0 Å². The van der Waals surface area contributed by atoms with Crippen LogP contribution in [0.15, 0.2) is 23.1 Å². The lowest BCUT2D eigenvalue weighted by Crippen LogP contribution is -2.45. The van der Waals surface area contributed by atoms with E-state index in [1.807, 2.05) is 0 Å². The fraction of sp³-hybridized carbons (Fsp3) is 0.632. The Kier molecular flexibility index (Phi) is 5.45. The van der Waals surface area contributed by atoms with Crippen LogP contribution in [0.25, 0.3) is 0 Å². The van der Waals surface area contributed by atoms with E-state index < -0.39 is 10.0 Å². The normalized spacial score (nSPS) is 22.0. The fourth-order valence-electron chi connectivity index (χ4n) is 3.78. The Labute approximate surface area is 170 Å². The molecule has 1 amide bonds. The number of halogens is 2. The molecule has 1 heterocycles. The van der Waals surface area contributed by atoms with E-state index >= 15 is 0 Å². The topological polar surface area (TPSA) is 57.7 Å². The summed E-state index contributed by atoms with van der Waals surface area (Å²) in [7, 11) is -3.71. The molecule has 8 heteroatoms. The molecule has 0 aromatic heterocycles. The quantitative estimate of drug-likeness (QED) is 0.689. The van der Waals surface area contributed by atoms with Gasteiger partial charge in [-0.25, -0.2) is 8.42 Å². The number of sulfonamides is 1. The summed E-state index contributed by atoms with van der Waals surface area (Å²) in [6, 6.07) is 4.88. The first kappa shape index (κ1) is 19.5. The molecule has 0 unspecified atom stereocenters. The standard InChI is InChI=1S/C19H24Cl2N2O3S/c20-15-3-6-17(21)18(11-15)27(25,26)22-9-7-14(8-10-22)19(24)23(16-4-5-16)12-13-1-2-13/h3,6,11,13-14,16H,1-2,4-5,7-10,12H2. The molecule has 3 aliphatic rings. The number of carbonyl (C=O) groups excluding carboxylic acids is 1. The Balaban J connectivity index is 1.42. The van der Waals surface area contributed by atoms with Gasteiger partial charge in [-0.15, -0.1) is 0 Å². The molecule has 5 nitrogen and oxygen atoms in total. The second kappa shape index (κ2) is 7.54. The van der Waals surface area contributed by atoms with E-state index in [4.69, 9.17) is 23.2 Å². The van der Waals surface area contributed by atoms with Crippen molar-refractivity contribution in [2.75, 3.05) is 19.6 Å². The average Bonchev–Trinajstić information content (AvgIpc) is 3.54. The molecule has 4 rings (SSSR count). The van der Waals surface area contributed by atoms with Gasteiger partial charge in [0.2, 0.25) is 15.9 Å². The van der Waals surface area contributed by atoms with Gasteiger partial charge in [-0.1, -0.05) is 23.2 Å². The van der Waals surface area contributed by atoms with Crippen LogP contribution in [0.5, 0.6) is 0 Å². The van der Waals surface area contributed by atoms with Gasteiger partial charge in [-0.3, -0.25) is 4.79 Å². The first-order valence-electron chi connectivity index (χ1n) is 9.62. The molecular formula is C19H24Cl2N2O3S. The highest BCUT2D eigenvalue weighted by Gasteiger charge is 2.41. The lowest BCUT2D eigenvalue weighted by atomic mass is 9.96. The molecule has 148 valence electrons. The molecule has 0 N–H and O–H groups in total. The Morgan fingerprint density at radius 2 is 1.74 bits per heavy atom. The third-order valence-electron chi connectivity index (χ3n) is 5.74. The van der Waals surface area contributed by atoms with Crippen LogP contribution in [0.4, 0.5) is 0 Å². The van der Waals surface area contributed by atoms with E-state index in [0.717, 1.165) is 19.4 Å².